The van der Waals surface area contributed by atoms with Gasteiger partial charge >= 0.3 is 0 Å². The van der Waals surface area contributed by atoms with Crippen molar-refractivity contribution in [3.63, 3.8) is 0 Å². The molecule has 1 unspecified atom stereocenters. The highest BCUT2D eigenvalue weighted by Crippen LogP contribution is 2.53. The van der Waals surface area contributed by atoms with E-state index in [0.717, 1.165) is 22.9 Å². The largest absolute Gasteiger partial charge is 0.0689 e. The normalized spacial score (nSPS) is 38.8. The van der Waals surface area contributed by atoms with Crippen LogP contribution in [-0.2, 0) is 0 Å². The maximum atomic E-state index is 2.72. The van der Waals surface area contributed by atoms with Crippen molar-refractivity contribution in [2.75, 3.05) is 0 Å². The van der Waals surface area contributed by atoms with Gasteiger partial charge in [0.2, 0.25) is 0 Å². The first-order valence-corrected chi connectivity index (χ1v) is 11.2. The Labute approximate surface area is 110 Å². The van der Waals surface area contributed by atoms with Gasteiger partial charge in [0.1, 0.15) is 0 Å². The lowest BCUT2D eigenvalue weighted by Gasteiger charge is -2.36. The maximum Gasteiger partial charge on any atom is 0.0536 e. The monoisotopic (exact) mass is 252 g/mol. The fraction of sp³-hybridized carbons (Fsp3) is 1.00. The summed E-state index contributed by atoms with van der Waals surface area (Å²) in [5.41, 5.74) is 2.32. The predicted molar refractivity (Wildman–Crippen MR) is 80.2 cm³/mol. The van der Waals surface area contributed by atoms with Crippen LogP contribution in [0.2, 0.25) is 24.2 Å². The van der Waals surface area contributed by atoms with Gasteiger partial charge in [-0.15, -0.1) is 0 Å². The summed E-state index contributed by atoms with van der Waals surface area (Å²) in [4.78, 5) is 0. The summed E-state index contributed by atoms with van der Waals surface area (Å²) >= 11 is 0. The van der Waals surface area contributed by atoms with E-state index in [0.29, 0.717) is 0 Å². The molecule has 0 aliphatic heterocycles. The molecule has 0 aromatic heterocycles. The van der Waals surface area contributed by atoms with E-state index in [1.165, 1.54) is 12.8 Å². The molecule has 2 fully saturated rings. The lowest BCUT2D eigenvalue weighted by molar-refractivity contribution is 0.523. The van der Waals surface area contributed by atoms with E-state index in [1.807, 2.05) is 0 Å². The SMILES string of the molecule is CCC1CC[C@H]([Si](C)(C)[C@H]2CC[C@H](CC)C2)C1. The molecule has 4 atom stereocenters. The molecule has 0 radical (unpaired) electrons. The van der Waals surface area contributed by atoms with Crippen LogP contribution in [0.15, 0.2) is 0 Å². The lowest BCUT2D eigenvalue weighted by atomic mass is 10.1. The van der Waals surface area contributed by atoms with Gasteiger partial charge in [-0.05, 0) is 35.8 Å². The van der Waals surface area contributed by atoms with Gasteiger partial charge < -0.3 is 0 Å². The van der Waals surface area contributed by atoms with Gasteiger partial charge in [0.15, 0.2) is 0 Å². The summed E-state index contributed by atoms with van der Waals surface area (Å²) in [6, 6.07) is 0. The molecule has 0 heterocycles. The second-order valence-corrected chi connectivity index (χ2v) is 12.7. The highest BCUT2D eigenvalue weighted by atomic mass is 28.3. The Morgan fingerprint density at radius 2 is 1.18 bits per heavy atom. The van der Waals surface area contributed by atoms with Gasteiger partial charge in [-0.3, -0.25) is 0 Å². The average molecular weight is 253 g/mol. The van der Waals surface area contributed by atoms with Gasteiger partial charge in [0, 0.05) is 0 Å². The van der Waals surface area contributed by atoms with E-state index in [-0.39, 0.29) is 0 Å². The highest BCUT2D eigenvalue weighted by Gasteiger charge is 2.44. The summed E-state index contributed by atoms with van der Waals surface area (Å²) in [6.45, 7) is 10.2. The van der Waals surface area contributed by atoms with E-state index >= 15 is 0 Å². The Bertz CT molecular complexity index is 222. The summed E-state index contributed by atoms with van der Waals surface area (Å²) in [5, 5.41) is 0. The topological polar surface area (TPSA) is 0 Å². The van der Waals surface area contributed by atoms with Crippen LogP contribution in [0.4, 0.5) is 0 Å². The molecule has 2 aliphatic carbocycles. The zero-order valence-electron chi connectivity index (χ0n) is 12.5. The predicted octanol–water partition coefficient (Wildman–Crippen LogP) is 5.86. The first-order chi connectivity index (χ1) is 8.07. The Morgan fingerprint density at radius 1 is 0.765 bits per heavy atom. The van der Waals surface area contributed by atoms with Crippen molar-refractivity contribution in [2.24, 2.45) is 11.8 Å². The van der Waals surface area contributed by atoms with Crippen molar-refractivity contribution < 1.29 is 0 Å². The Morgan fingerprint density at radius 3 is 1.47 bits per heavy atom. The van der Waals surface area contributed by atoms with E-state index < -0.39 is 8.07 Å². The number of hydrogen-bond acceptors (Lipinski definition) is 0. The van der Waals surface area contributed by atoms with E-state index in [2.05, 4.69) is 26.9 Å². The molecule has 0 aromatic rings. The molecule has 100 valence electrons. The minimum absolute atomic E-state index is 0.953. The zero-order valence-corrected chi connectivity index (χ0v) is 13.5. The van der Waals surface area contributed by atoms with Crippen LogP contribution in [0.5, 0.6) is 0 Å². The van der Waals surface area contributed by atoms with Crippen molar-refractivity contribution in [1.82, 2.24) is 0 Å². The molecule has 0 amide bonds. The number of rotatable bonds is 4. The first kappa shape index (κ1) is 13.6. The lowest BCUT2D eigenvalue weighted by Crippen LogP contribution is -2.36. The minimum atomic E-state index is -0.953. The van der Waals surface area contributed by atoms with Crippen LogP contribution in [0.25, 0.3) is 0 Å². The second kappa shape index (κ2) is 5.46. The van der Waals surface area contributed by atoms with Gasteiger partial charge in [0.25, 0.3) is 0 Å². The quantitative estimate of drug-likeness (QED) is 0.550. The fourth-order valence-corrected chi connectivity index (χ4v) is 8.95. The Hall–Kier alpha value is 0.217. The molecule has 0 spiro atoms. The molecule has 0 aromatic carbocycles. The molecule has 2 saturated carbocycles. The Kier molecular flexibility index (Phi) is 4.38. The van der Waals surface area contributed by atoms with Crippen molar-refractivity contribution in [3.05, 3.63) is 0 Å². The minimum Gasteiger partial charge on any atom is -0.0689 e. The fourth-order valence-electron chi connectivity index (χ4n) is 4.58. The smallest absolute Gasteiger partial charge is 0.0536 e. The molecular formula is C16H32Si. The third-order valence-electron chi connectivity index (χ3n) is 6.34. The van der Waals surface area contributed by atoms with Crippen molar-refractivity contribution in [1.29, 1.82) is 0 Å². The molecule has 17 heavy (non-hydrogen) atoms. The van der Waals surface area contributed by atoms with Crippen molar-refractivity contribution in [2.45, 2.75) is 89.4 Å². The van der Waals surface area contributed by atoms with Crippen molar-refractivity contribution >= 4 is 8.07 Å². The van der Waals surface area contributed by atoms with Crippen LogP contribution >= 0.6 is 0 Å². The molecule has 0 saturated heterocycles. The molecule has 0 bridgehead atoms. The van der Waals surface area contributed by atoms with Gasteiger partial charge in [-0.25, -0.2) is 0 Å². The van der Waals surface area contributed by atoms with E-state index in [4.69, 9.17) is 0 Å². The molecule has 2 aliphatic rings. The van der Waals surface area contributed by atoms with Crippen LogP contribution in [0, 0.1) is 11.8 Å². The zero-order chi connectivity index (χ0) is 12.5. The summed E-state index contributed by atoms with van der Waals surface area (Å²) in [6.07, 6.45) is 12.3. The number of hydrogen-bond donors (Lipinski definition) is 0. The first-order valence-electron chi connectivity index (χ1n) is 8.07. The van der Waals surface area contributed by atoms with E-state index in [1.54, 1.807) is 38.5 Å². The van der Waals surface area contributed by atoms with Crippen molar-refractivity contribution in [3.8, 4) is 0 Å². The van der Waals surface area contributed by atoms with Gasteiger partial charge in [-0.2, -0.15) is 0 Å². The van der Waals surface area contributed by atoms with Crippen LogP contribution in [0.1, 0.15) is 65.2 Å². The van der Waals surface area contributed by atoms with Gasteiger partial charge in [-0.1, -0.05) is 65.5 Å². The summed E-state index contributed by atoms with van der Waals surface area (Å²) < 4.78 is 0. The van der Waals surface area contributed by atoms with Gasteiger partial charge in [0.05, 0.1) is 8.07 Å². The summed E-state index contributed by atoms with van der Waals surface area (Å²) in [7, 11) is -0.953. The molecular weight excluding hydrogens is 220 g/mol. The van der Waals surface area contributed by atoms with Crippen LogP contribution < -0.4 is 0 Å². The third-order valence-corrected chi connectivity index (χ3v) is 11.6. The summed E-state index contributed by atoms with van der Waals surface area (Å²) in [5.74, 6) is 2.16. The van der Waals surface area contributed by atoms with Crippen LogP contribution in [-0.4, -0.2) is 8.07 Å². The average Bonchev–Trinajstić information content (AvgIpc) is 2.98. The third kappa shape index (κ3) is 2.80. The highest BCUT2D eigenvalue weighted by molar-refractivity contribution is 6.80. The van der Waals surface area contributed by atoms with Crippen LogP contribution in [0.3, 0.4) is 0 Å². The molecule has 0 nitrogen and oxygen atoms in total. The second-order valence-electron chi connectivity index (χ2n) is 7.39. The Balaban J connectivity index is 1.94. The molecule has 0 N–H and O–H groups in total. The molecule has 2 rings (SSSR count). The maximum absolute atomic E-state index is 2.72. The van der Waals surface area contributed by atoms with E-state index in [9.17, 15) is 0 Å². The molecule has 1 heteroatoms. The standard InChI is InChI=1S/C16H32Si/c1-5-13-7-9-15(11-13)17(3,4)16-10-8-14(6-2)12-16/h13-16H,5-12H2,1-4H3/t13-,14?,15-,16-/m0/s1.